The first kappa shape index (κ1) is 16.9. The van der Waals surface area contributed by atoms with Crippen LogP contribution < -0.4 is 4.90 Å². The Hall–Kier alpha value is -1.99. The molecule has 6 nitrogen and oxygen atoms in total. The second-order valence-electron chi connectivity index (χ2n) is 6.45. The van der Waals surface area contributed by atoms with E-state index >= 15 is 0 Å². The second kappa shape index (κ2) is 6.86. The van der Waals surface area contributed by atoms with Crippen LogP contribution in [0.3, 0.4) is 0 Å². The van der Waals surface area contributed by atoms with E-state index in [4.69, 9.17) is 0 Å². The zero-order valence-electron chi connectivity index (χ0n) is 14.0. The molecule has 1 atom stereocenters. The number of anilines is 1. The van der Waals surface area contributed by atoms with Crippen molar-refractivity contribution in [1.82, 2.24) is 14.9 Å². The number of piperidine rings is 1. The molecule has 7 heteroatoms. The molecule has 0 aromatic carbocycles. The zero-order chi connectivity index (χ0) is 17.2. The molecule has 0 saturated carbocycles. The number of aliphatic hydroxyl groups is 1. The Morgan fingerprint density at radius 1 is 1.46 bits per heavy atom. The molecule has 1 fully saturated rings. The summed E-state index contributed by atoms with van der Waals surface area (Å²) in [6, 6.07) is 3.66. The normalized spacial score (nSPS) is 20.9. The van der Waals surface area contributed by atoms with Crippen LogP contribution >= 0.6 is 11.3 Å². The van der Waals surface area contributed by atoms with Gasteiger partial charge in [-0.05, 0) is 42.8 Å². The Kier molecular flexibility index (Phi) is 4.82. The molecule has 3 rings (SSSR count). The Balaban J connectivity index is 1.67. The summed E-state index contributed by atoms with van der Waals surface area (Å²) in [6.45, 7) is 3.51. The van der Waals surface area contributed by atoms with Crippen LogP contribution in [0.1, 0.15) is 28.1 Å². The van der Waals surface area contributed by atoms with Gasteiger partial charge in [0, 0.05) is 26.0 Å². The molecule has 0 spiro atoms. The number of amides is 1. The van der Waals surface area contributed by atoms with E-state index in [1.807, 2.05) is 23.3 Å². The standard InChI is InChI=1S/C17H22N4O2S/c1-13-9-14(24-10-13)15(22)20(2)11-17(23)5-3-8-21(12-17)16-18-6-4-7-19-16/h4,6-7,9-10,23H,3,5,8,11-12H2,1-2H3/t17-/m0/s1. The number of hydrogen-bond donors (Lipinski definition) is 1. The maximum atomic E-state index is 12.5. The third-order valence-electron chi connectivity index (χ3n) is 4.21. The molecular weight excluding hydrogens is 324 g/mol. The summed E-state index contributed by atoms with van der Waals surface area (Å²) >= 11 is 1.44. The van der Waals surface area contributed by atoms with E-state index in [0.717, 1.165) is 18.5 Å². The number of aromatic nitrogens is 2. The third-order valence-corrected chi connectivity index (χ3v) is 5.25. The van der Waals surface area contributed by atoms with Crippen LogP contribution in [0, 0.1) is 6.92 Å². The van der Waals surface area contributed by atoms with Gasteiger partial charge < -0.3 is 14.9 Å². The fourth-order valence-corrected chi connectivity index (χ4v) is 4.00. The summed E-state index contributed by atoms with van der Waals surface area (Å²) in [5.41, 5.74) is 0.134. The van der Waals surface area contributed by atoms with Crippen LogP contribution in [0.15, 0.2) is 29.9 Å². The largest absolute Gasteiger partial charge is 0.386 e. The van der Waals surface area contributed by atoms with Crippen molar-refractivity contribution in [1.29, 1.82) is 0 Å². The van der Waals surface area contributed by atoms with E-state index in [1.54, 1.807) is 30.4 Å². The predicted molar refractivity (Wildman–Crippen MR) is 94.4 cm³/mol. The average Bonchev–Trinajstić information content (AvgIpc) is 3.01. The van der Waals surface area contributed by atoms with Gasteiger partial charge in [-0.15, -0.1) is 11.3 Å². The predicted octanol–water partition coefficient (Wildman–Crippen LogP) is 1.95. The highest BCUT2D eigenvalue weighted by Crippen LogP contribution is 2.25. The van der Waals surface area contributed by atoms with Crippen LogP contribution in [-0.4, -0.2) is 58.2 Å². The van der Waals surface area contributed by atoms with Crippen LogP contribution in [0.25, 0.3) is 0 Å². The lowest BCUT2D eigenvalue weighted by molar-refractivity contribution is -0.000173. The Morgan fingerprint density at radius 2 is 2.21 bits per heavy atom. The lowest BCUT2D eigenvalue weighted by Crippen LogP contribution is -2.55. The molecule has 0 radical (unpaired) electrons. The first-order valence-electron chi connectivity index (χ1n) is 8.02. The smallest absolute Gasteiger partial charge is 0.263 e. The van der Waals surface area contributed by atoms with E-state index in [-0.39, 0.29) is 5.91 Å². The molecule has 2 aromatic rings. The number of likely N-dealkylation sites (N-methyl/N-ethyl adjacent to an activating group) is 1. The van der Waals surface area contributed by atoms with Crippen LogP contribution in [0.5, 0.6) is 0 Å². The molecule has 1 aliphatic rings. The van der Waals surface area contributed by atoms with Gasteiger partial charge in [-0.3, -0.25) is 4.79 Å². The van der Waals surface area contributed by atoms with E-state index in [0.29, 0.717) is 30.3 Å². The van der Waals surface area contributed by atoms with E-state index in [2.05, 4.69) is 9.97 Å². The molecule has 3 heterocycles. The summed E-state index contributed by atoms with van der Waals surface area (Å²) in [7, 11) is 1.74. The molecule has 0 aliphatic carbocycles. The lowest BCUT2D eigenvalue weighted by Gasteiger charge is -2.41. The minimum absolute atomic E-state index is 0.0467. The van der Waals surface area contributed by atoms with Crippen molar-refractivity contribution in [2.75, 3.05) is 31.6 Å². The lowest BCUT2D eigenvalue weighted by atomic mass is 9.92. The number of nitrogens with zero attached hydrogens (tertiary/aromatic N) is 4. The molecular formula is C17H22N4O2S. The highest BCUT2D eigenvalue weighted by molar-refractivity contribution is 7.12. The number of carbonyl (C=O) groups excluding carboxylic acids is 1. The van der Waals surface area contributed by atoms with Crippen LogP contribution in [0.4, 0.5) is 5.95 Å². The first-order chi connectivity index (χ1) is 11.5. The Morgan fingerprint density at radius 3 is 2.88 bits per heavy atom. The minimum atomic E-state index is -0.950. The summed E-state index contributed by atoms with van der Waals surface area (Å²) < 4.78 is 0. The number of rotatable bonds is 4. The van der Waals surface area contributed by atoms with Gasteiger partial charge in [0.25, 0.3) is 5.91 Å². The van der Waals surface area contributed by atoms with Gasteiger partial charge in [0.15, 0.2) is 0 Å². The fraction of sp³-hybridized carbons (Fsp3) is 0.471. The van der Waals surface area contributed by atoms with Crippen molar-refractivity contribution in [3.63, 3.8) is 0 Å². The molecule has 1 amide bonds. The van der Waals surface area contributed by atoms with E-state index in [9.17, 15) is 9.90 Å². The highest BCUT2D eigenvalue weighted by atomic mass is 32.1. The van der Waals surface area contributed by atoms with Crippen molar-refractivity contribution in [3.05, 3.63) is 40.3 Å². The number of carbonyl (C=O) groups is 1. The minimum Gasteiger partial charge on any atom is -0.386 e. The van der Waals surface area contributed by atoms with Crippen molar-refractivity contribution >= 4 is 23.2 Å². The summed E-state index contributed by atoms with van der Waals surface area (Å²) in [4.78, 5) is 25.3. The molecule has 0 bridgehead atoms. The number of β-amino-alcohol motifs (C(OH)–C–C–N with tert-alkyl or cyclic N) is 1. The van der Waals surface area contributed by atoms with Crippen molar-refractivity contribution in [2.45, 2.75) is 25.4 Å². The molecule has 2 aromatic heterocycles. The molecule has 128 valence electrons. The van der Waals surface area contributed by atoms with Gasteiger partial charge in [0.05, 0.1) is 23.6 Å². The highest BCUT2D eigenvalue weighted by Gasteiger charge is 2.36. The van der Waals surface area contributed by atoms with Crippen LogP contribution in [-0.2, 0) is 0 Å². The van der Waals surface area contributed by atoms with Crippen molar-refractivity contribution in [2.24, 2.45) is 0 Å². The second-order valence-corrected chi connectivity index (χ2v) is 7.36. The first-order valence-corrected chi connectivity index (χ1v) is 8.90. The Labute approximate surface area is 145 Å². The molecule has 24 heavy (non-hydrogen) atoms. The number of aryl methyl sites for hydroxylation is 1. The SMILES string of the molecule is Cc1csc(C(=O)N(C)C[C@@]2(O)CCCN(c3ncccn3)C2)c1. The molecule has 0 unspecified atom stereocenters. The fourth-order valence-electron chi connectivity index (χ4n) is 3.11. The maximum absolute atomic E-state index is 12.5. The third kappa shape index (κ3) is 3.73. The topological polar surface area (TPSA) is 69.6 Å². The molecule has 1 saturated heterocycles. The molecule has 1 aliphatic heterocycles. The summed E-state index contributed by atoms with van der Waals surface area (Å²) in [5, 5.41) is 12.9. The zero-order valence-corrected chi connectivity index (χ0v) is 14.8. The number of thiophene rings is 1. The number of hydrogen-bond acceptors (Lipinski definition) is 6. The monoisotopic (exact) mass is 346 g/mol. The van der Waals surface area contributed by atoms with Gasteiger partial charge in [-0.1, -0.05) is 0 Å². The summed E-state index contributed by atoms with van der Waals surface area (Å²) in [5.74, 6) is 0.577. The van der Waals surface area contributed by atoms with E-state index in [1.165, 1.54) is 11.3 Å². The van der Waals surface area contributed by atoms with Gasteiger partial charge in [-0.25, -0.2) is 9.97 Å². The maximum Gasteiger partial charge on any atom is 0.263 e. The van der Waals surface area contributed by atoms with Gasteiger partial charge in [-0.2, -0.15) is 0 Å². The van der Waals surface area contributed by atoms with Crippen molar-refractivity contribution in [3.8, 4) is 0 Å². The van der Waals surface area contributed by atoms with Crippen LogP contribution in [0.2, 0.25) is 0 Å². The van der Waals surface area contributed by atoms with Gasteiger partial charge in [0.2, 0.25) is 5.95 Å². The quantitative estimate of drug-likeness (QED) is 0.916. The van der Waals surface area contributed by atoms with Gasteiger partial charge >= 0.3 is 0 Å². The van der Waals surface area contributed by atoms with E-state index < -0.39 is 5.60 Å². The van der Waals surface area contributed by atoms with Gasteiger partial charge in [0.1, 0.15) is 0 Å². The molecule has 1 N–H and O–H groups in total. The van der Waals surface area contributed by atoms with Crippen molar-refractivity contribution < 1.29 is 9.90 Å². The average molecular weight is 346 g/mol. The summed E-state index contributed by atoms with van der Waals surface area (Å²) in [6.07, 6.45) is 4.90. The Bertz CT molecular complexity index is 706.